The maximum atomic E-state index is 13.5. The van der Waals surface area contributed by atoms with Crippen LogP contribution >= 0.6 is 11.3 Å². The molecule has 0 spiro atoms. The highest BCUT2D eigenvalue weighted by Gasteiger charge is 2.18. The molecule has 4 aromatic carbocycles. The van der Waals surface area contributed by atoms with Crippen LogP contribution in [0.3, 0.4) is 0 Å². The van der Waals surface area contributed by atoms with Gasteiger partial charge in [0.25, 0.3) is 5.91 Å². The molecule has 0 aliphatic rings. The Morgan fingerprint density at radius 2 is 1.27 bits per heavy atom. The summed E-state index contributed by atoms with van der Waals surface area (Å²) >= 11 is 1.49. The summed E-state index contributed by atoms with van der Waals surface area (Å²) in [6.07, 6.45) is 0. The minimum Gasteiger partial charge on any atom is -0.497 e. The minimum atomic E-state index is -0.279. The van der Waals surface area contributed by atoms with Crippen LogP contribution in [-0.2, 0) is 7.05 Å². The van der Waals surface area contributed by atoms with Crippen molar-refractivity contribution >= 4 is 17.2 Å². The Bertz CT molecular complexity index is 1600. The van der Waals surface area contributed by atoms with Gasteiger partial charge in [0, 0.05) is 12.6 Å². The molecule has 0 radical (unpaired) electrons. The van der Waals surface area contributed by atoms with Crippen LogP contribution in [0.15, 0.2) is 108 Å². The third-order valence-electron chi connectivity index (χ3n) is 6.19. The third kappa shape index (κ3) is 4.97. The van der Waals surface area contributed by atoms with E-state index in [0.717, 1.165) is 44.3 Å². The molecule has 0 N–H and O–H groups in total. The molecule has 1 heterocycles. The van der Waals surface area contributed by atoms with Crippen LogP contribution < -0.4 is 14.3 Å². The molecule has 1 amide bonds. The molecule has 0 atom stereocenters. The smallest absolute Gasteiger partial charge is 0.280 e. The number of benzene rings is 4. The number of amides is 1. The Kier molecular flexibility index (Phi) is 7.01. The number of hydrogen-bond donors (Lipinski definition) is 0. The molecule has 0 unspecified atom stereocenters. The largest absolute Gasteiger partial charge is 0.497 e. The first-order chi connectivity index (χ1) is 18.1. The topological polar surface area (TPSA) is 52.8 Å². The molecular weight excluding hydrogens is 480 g/mol. The quantitative estimate of drug-likeness (QED) is 0.253. The van der Waals surface area contributed by atoms with Gasteiger partial charge < -0.3 is 14.0 Å². The van der Waals surface area contributed by atoms with E-state index in [1.807, 2.05) is 115 Å². The van der Waals surface area contributed by atoms with E-state index in [2.05, 4.69) is 4.99 Å². The van der Waals surface area contributed by atoms with E-state index in [4.69, 9.17) is 9.47 Å². The molecule has 0 bridgehead atoms. The Labute approximate surface area is 219 Å². The van der Waals surface area contributed by atoms with E-state index in [1.54, 1.807) is 14.2 Å². The first-order valence-electron chi connectivity index (χ1n) is 11.8. The summed E-state index contributed by atoms with van der Waals surface area (Å²) in [6.45, 7) is 0. The van der Waals surface area contributed by atoms with Gasteiger partial charge in [-0.3, -0.25) is 4.79 Å². The molecule has 5 nitrogen and oxygen atoms in total. The van der Waals surface area contributed by atoms with Gasteiger partial charge in [-0.05, 0) is 76.9 Å². The molecule has 0 saturated heterocycles. The van der Waals surface area contributed by atoms with E-state index < -0.39 is 0 Å². The van der Waals surface area contributed by atoms with Crippen molar-refractivity contribution in [3.63, 3.8) is 0 Å². The summed E-state index contributed by atoms with van der Waals surface area (Å²) in [5, 5.41) is 0. The lowest BCUT2D eigenvalue weighted by Gasteiger charge is -2.09. The third-order valence-corrected chi connectivity index (χ3v) is 7.37. The molecular formula is C31H26N2O3S. The molecule has 0 aliphatic heterocycles. The van der Waals surface area contributed by atoms with Crippen molar-refractivity contribution in [2.45, 2.75) is 0 Å². The predicted octanol–water partition coefficient (Wildman–Crippen LogP) is 6.85. The van der Waals surface area contributed by atoms with Gasteiger partial charge in [0.1, 0.15) is 11.5 Å². The Balaban J connectivity index is 1.65. The standard InChI is InChI=1S/C31H26N2O3S/c1-33-28(22-13-17-24(35-2)18-14-22)29(23-15-19-25(36-3)20-16-23)37-31(33)32-30(34)27-12-8-7-11-26(27)21-9-5-4-6-10-21/h4-20H,1-3H3. The summed E-state index contributed by atoms with van der Waals surface area (Å²) in [5.74, 6) is 1.29. The van der Waals surface area contributed by atoms with Gasteiger partial charge in [-0.15, -0.1) is 0 Å². The van der Waals surface area contributed by atoms with Crippen LogP contribution in [0.4, 0.5) is 0 Å². The lowest BCUT2D eigenvalue weighted by molar-refractivity contribution is 0.0998. The average Bonchev–Trinajstić information content (AvgIpc) is 3.28. The number of ether oxygens (including phenoxy) is 2. The van der Waals surface area contributed by atoms with E-state index >= 15 is 0 Å². The fourth-order valence-corrected chi connectivity index (χ4v) is 5.40. The fourth-order valence-electron chi connectivity index (χ4n) is 4.25. The minimum absolute atomic E-state index is 0.279. The van der Waals surface area contributed by atoms with Gasteiger partial charge in [-0.2, -0.15) is 4.99 Å². The van der Waals surface area contributed by atoms with Crippen LogP contribution in [0.2, 0.25) is 0 Å². The van der Waals surface area contributed by atoms with E-state index in [-0.39, 0.29) is 5.91 Å². The van der Waals surface area contributed by atoms with Crippen LogP contribution in [0.5, 0.6) is 11.5 Å². The first kappa shape index (κ1) is 24.3. The second-order valence-electron chi connectivity index (χ2n) is 8.41. The molecule has 184 valence electrons. The van der Waals surface area contributed by atoms with E-state index in [1.165, 1.54) is 11.3 Å². The van der Waals surface area contributed by atoms with Crippen LogP contribution in [0.1, 0.15) is 10.4 Å². The summed E-state index contributed by atoms with van der Waals surface area (Å²) in [4.78, 5) is 19.8. The normalized spacial score (nSPS) is 11.4. The highest BCUT2D eigenvalue weighted by molar-refractivity contribution is 7.13. The predicted molar refractivity (Wildman–Crippen MR) is 149 cm³/mol. The number of thiazole rings is 1. The highest BCUT2D eigenvalue weighted by atomic mass is 32.1. The zero-order chi connectivity index (χ0) is 25.8. The first-order valence-corrected chi connectivity index (χ1v) is 12.6. The highest BCUT2D eigenvalue weighted by Crippen LogP contribution is 2.36. The second-order valence-corrected chi connectivity index (χ2v) is 9.38. The average molecular weight is 507 g/mol. The van der Waals surface area contributed by atoms with Crippen molar-refractivity contribution in [1.29, 1.82) is 0 Å². The lowest BCUT2D eigenvalue weighted by atomic mass is 9.99. The van der Waals surface area contributed by atoms with Gasteiger partial charge in [0.2, 0.25) is 0 Å². The maximum absolute atomic E-state index is 13.5. The lowest BCUT2D eigenvalue weighted by Crippen LogP contribution is -2.14. The molecule has 0 fully saturated rings. The number of rotatable bonds is 6. The van der Waals surface area contributed by atoms with Crippen molar-refractivity contribution < 1.29 is 14.3 Å². The van der Waals surface area contributed by atoms with E-state index in [9.17, 15) is 4.79 Å². The Morgan fingerprint density at radius 3 is 1.89 bits per heavy atom. The Morgan fingerprint density at radius 1 is 0.703 bits per heavy atom. The van der Waals surface area contributed by atoms with E-state index in [0.29, 0.717) is 10.4 Å². The number of aromatic nitrogens is 1. The van der Waals surface area contributed by atoms with Gasteiger partial charge in [0.15, 0.2) is 4.80 Å². The number of methoxy groups -OCH3 is 2. The van der Waals surface area contributed by atoms with Crippen molar-refractivity contribution in [2.75, 3.05) is 14.2 Å². The zero-order valence-electron chi connectivity index (χ0n) is 20.8. The van der Waals surface area contributed by atoms with Gasteiger partial charge in [-0.25, -0.2) is 0 Å². The van der Waals surface area contributed by atoms with Crippen molar-refractivity contribution in [1.82, 2.24) is 4.57 Å². The van der Waals surface area contributed by atoms with Crippen molar-refractivity contribution in [2.24, 2.45) is 12.0 Å². The number of carbonyl (C=O) groups is 1. The molecule has 0 saturated carbocycles. The molecule has 5 aromatic rings. The number of nitrogens with zero attached hydrogens (tertiary/aromatic N) is 2. The molecule has 1 aromatic heterocycles. The van der Waals surface area contributed by atoms with Crippen LogP contribution in [0.25, 0.3) is 32.8 Å². The molecule has 37 heavy (non-hydrogen) atoms. The van der Waals surface area contributed by atoms with Gasteiger partial charge >= 0.3 is 0 Å². The summed E-state index contributed by atoms with van der Waals surface area (Å²) < 4.78 is 12.7. The summed E-state index contributed by atoms with van der Waals surface area (Å²) in [5.41, 5.74) is 5.41. The fraction of sp³-hybridized carbons (Fsp3) is 0.0968. The Hall–Kier alpha value is -4.42. The summed E-state index contributed by atoms with van der Waals surface area (Å²) in [6, 6.07) is 33.3. The zero-order valence-corrected chi connectivity index (χ0v) is 21.7. The molecule has 6 heteroatoms. The molecule has 0 aliphatic carbocycles. The molecule has 5 rings (SSSR count). The van der Waals surface area contributed by atoms with Gasteiger partial charge in [0.05, 0.1) is 24.8 Å². The van der Waals surface area contributed by atoms with Gasteiger partial charge in [-0.1, -0.05) is 59.9 Å². The number of hydrogen-bond acceptors (Lipinski definition) is 4. The SMILES string of the molecule is COc1ccc(-c2sc(=NC(=O)c3ccccc3-c3ccccc3)n(C)c2-c2ccc(OC)cc2)cc1. The van der Waals surface area contributed by atoms with Crippen LogP contribution in [-0.4, -0.2) is 24.7 Å². The number of carbonyl (C=O) groups excluding carboxylic acids is 1. The second kappa shape index (κ2) is 10.7. The van der Waals surface area contributed by atoms with Crippen molar-refractivity contribution in [3.8, 4) is 44.3 Å². The monoisotopic (exact) mass is 506 g/mol. The summed E-state index contributed by atoms with van der Waals surface area (Å²) in [7, 11) is 5.25. The van der Waals surface area contributed by atoms with Crippen LogP contribution in [0, 0.1) is 0 Å². The van der Waals surface area contributed by atoms with Crippen molar-refractivity contribution in [3.05, 3.63) is 113 Å². The maximum Gasteiger partial charge on any atom is 0.280 e.